The van der Waals surface area contributed by atoms with Gasteiger partial charge in [-0.1, -0.05) is 79.2 Å². The molecule has 5 rings (SSSR count). The number of ketones is 1. The molecule has 296 valence electrons. The summed E-state index contributed by atoms with van der Waals surface area (Å²) >= 11 is 6.78. The Morgan fingerprint density at radius 2 is 1.59 bits per heavy atom. The minimum absolute atomic E-state index is 0.0433. The summed E-state index contributed by atoms with van der Waals surface area (Å²) in [5.41, 5.74) is 1.59. The summed E-state index contributed by atoms with van der Waals surface area (Å²) in [5.74, 6) is -1.25. The number of rotatable bonds is 14. The zero-order valence-electron chi connectivity index (χ0n) is 32.0. The average Bonchev–Trinajstić information content (AvgIpc) is 3.18. The molecule has 0 bridgehead atoms. The molecule has 3 N–H and O–H groups in total. The highest BCUT2D eigenvalue weighted by molar-refractivity contribution is 6.35. The first-order valence-electron chi connectivity index (χ1n) is 18.6. The van der Waals surface area contributed by atoms with Crippen molar-refractivity contribution in [3.8, 4) is 11.5 Å². The van der Waals surface area contributed by atoms with Crippen LogP contribution in [0.4, 0.5) is 19.7 Å². The average molecular weight is 787 g/mol. The summed E-state index contributed by atoms with van der Waals surface area (Å²) in [5, 5.41) is 8.88. The van der Waals surface area contributed by atoms with Crippen LogP contribution in [-0.4, -0.2) is 53.5 Å². The van der Waals surface area contributed by atoms with Crippen LogP contribution in [0.3, 0.4) is 0 Å². The van der Waals surface area contributed by atoms with Crippen molar-refractivity contribution in [3.63, 3.8) is 0 Å². The van der Waals surface area contributed by atoms with Gasteiger partial charge in [0.05, 0.1) is 22.3 Å². The first kappa shape index (κ1) is 41.7. The topological polar surface area (TPSA) is 135 Å². The standard InChI is InChI=1S/C43H48ClFN4O7/c1-5-35(46-26-31-15-9-10-17-34(31)45)40(51)48-36-19-18-33(44)37(39(36)55-32-16-11-14-29(24-32)25-47-41(52)56-43(2,3)4)38(50)30-20-22-49(23-21-30)42(53)54-27-28-12-7-6-8-13-28/h6-19,24,30,35,46H,5,20-23,25-27H2,1-4H3,(H,47,52)(H,48,51). The van der Waals surface area contributed by atoms with Crippen molar-refractivity contribution in [3.05, 3.63) is 124 Å². The summed E-state index contributed by atoms with van der Waals surface area (Å²) in [6.07, 6.45) is 0.0577. The molecule has 3 amide bonds. The number of halogens is 2. The molecule has 1 unspecified atom stereocenters. The number of hydrogen-bond acceptors (Lipinski definition) is 8. The number of carbonyl (C=O) groups is 4. The molecule has 0 aromatic heterocycles. The maximum atomic E-state index is 14.4. The van der Waals surface area contributed by atoms with E-state index in [0.717, 1.165) is 5.56 Å². The van der Waals surface area contributed by atoms with E-state index in [-0.39, 0.29) is 53.3 Å². The predicted octanol–water partition coefficient (Wildman–Crippen LogP) is 9.03. The number of benzene rings is 4. The normalized spacial score (nSPS) is 13.7. The summed E-state index contributed by atoms with van der Waals surface area (Å²) in [4.78, 5) is 54.9. The Morgan fingerprint density at radius 1 is 0.893 bits per heavy atom. The van der Waals surface area contributed by atoms with Gasteiger partial charge in [0.25, 0.3) is 0 Å². The second-order valence-electron chi connectivity index (χ2n) is 14.5. The van der Waals surface area contributed by atoms with Crippen LogP contribution >= 0.6 is 11.6 Å². The maximum Gasteiger partial charge on any atom is 0.410 e. The molecule has 1 heterocycles. The van der Waals surface area contributed by atoms with Gasteiger partial charge in [-0.25, -0.2) is 14.0 Å². The molecule has 56 heavy (non-hydrogen) atoms. The van der Waals surface area contributed by atoms with Gasteiger partial charge < -0.3 is 35.1 Å². The molecule has 1 aliphatic heterocycles. The van der Waals surface area contributed by atoms with Crippen LogP contribution in [0.15, 0.2) is 91.0 Å². The summed E-state index contributed by atoms with van der Waals surface area (Å²) in [6, 6.07) is 25.0. The smallest absolute Gasteiger partial charge is 0.410 e. The number of Topliss-reactive ketones (excluding diaryl/α,β-unsaturated/α-hetero) is 1. The first-order valence-corrected chi connectivity index (χ1v) is 19.0. The van der Waals surface area contributed by atoms with Crippen LogP contribution in [0, 0.1) is 11.7 Å². The van der Waals surface area contributed by atoms with E-state index in [1.807, 2.05) is 37.3 Å². The first-order chi connectivity index (χ1) is 26.8. The van der Waals surface area contributed by atoms with E-state index in [1.54, 1.807) is 74.2 Å². The van der Waals surface area contributed by atoms with Gasteiger partial charge in [0.2, 0.25) is 5.91 Å². The third kappa shape index (κ3) is 11.8. The Balaban J connectivity index is 1.36. The molecule has 13 heteroatoms. The summed E-state index contributed by atoms with van der Waals surface area (Å²) < 4.78 is 31.6. The third-order valence-electron chi connectivity index (χ3n) is 9.12. The summed E-state index contributed by atoms with van der Waals surface area (Å²) in [7, 11) is 0. The van der Waals surface area contributed by atoms with Gasteiger partial charge in [-0.2, -0.15) is 0 Å². The van der Waals surface area contributed by atoms with E-state index in [4.69, 9.17) is 25.8 Å². The quantitative estimate of drug-likeness (QED) is 0.108. The van der Waals surface area contributed by atoms with Crippen molar-refractivity contribution in [2.45, 2.75) is 78.3 Å². The van der Waals surface area contributed by atoms with E-state index in [2.05, 4.69) is 16.0 Å². The van der Waals surface area contributed by atoms with Crippen molar-refractivity contribution in [1.29, 1.82) is 0 Å². The van der Waals surface area contributed by atoms with Crippen molar-refractivity contribution in [1.82, 2.24) is 15.5 Å². The van der Waals surface area contributed by atoms with E-state index >= 15 is 0 Å². The number of hydrogen-bond donors (Lipinski definition) is 3. The van der Waals surface area contributed by atoms with Crippen LogP contribution in [0.25, 0.3) is 0 Å². The number of ether oxygens (including phenoxy) is 3. The lowest BCUT2D eigenvalue weighted by Crippen LogP contribution is -2.40. The monoisotopic (exact) mass is 786 g/mol. The molecule has 1 fully saturated rings. The fourth-order valence-electron chi connectivity index (χ4n) is 6.17. The zero-order chi connectivity index (χ0) is 40.2. The van der Waals surface area contributed by atoms with Gasteiger partial charge in [0, 0.05) is 37.7 Å². The van der Waals surface area contributed by atoms with Crippen LogP contribution in [0.5, 0.6) is 11.5 Å². The molecular formula is C43H48ClFN4O7. The number of alkyl carbamates (subject to hydrolysis) is 1. The SMILES string of the molecule is CCC(NCc1ccccc1F)C(=O)Nc1ccc(Cl)c(C(=O)C2CCN(C(=O)OCc3ccccc3)CC2)c1Oc1cccc(CNC(=O)OC(C)(C)C)c1. The van der Waals surface area contributed by atoms with E-state index in [9.17, 15) is 23.6 Å². The van der Waals surface area contributed by atoms with Gasteiger partial charge in [-0.3, -0.25) is 9.59 Å². The van der Waals surface area contributed by atoms with Crippen molar-refractivity contribution in [2.75, 3.05) is 18.4 Å². The highest BCUT2D eigenvalue weighted by atomic mass is 35.5. The van der Waals surface area contributed by atoms with Crippen molar-refractivity contribution >= 4 is 41.2 Å². The van der Waals surface area contributed by atoms with E-state index in [0.29, 0.717) is 49.2 Å². The van der Waals surface area contributed by atoms with Gasteiger partial charge in [0.15, 0.2) is 11.5 Å². The number of nitrogens with one attached hydrogen (secondary N) is 3. The Bertz CT molecular complexity index is 2000. The molecule has 1 aliphatic rings. The van der Waals surface area contributed by atoms with E-state index in [1.165, 1.54) is 12.1 Å². The van der Waals surface area contributed by atoms with Gasteiger partial charge in [-0.05, 0) is 81.5 Å². The number of nitrogens with zero attached hydrogens (tertiary/aromatic N) is 1. The largest absolute Gasteiger partial charge is 0.454 e. The number of carbonyl (C=O) groups excluding carboxylic acids is 4. The second-order valence-corrected chi connectivity index (χ2v) is 14.9. The minimum atomic E-state index is -0.717. The van der Waals surface area contributed by atoms with Crippen molar-refractivity contribution in [2.24, 2.45) is 5.92 Å². The molecule has 4 aromatic rings. The molecule has 4 aromatic carbocycles. The highest BCUT2D eigenvalue weighted by Crippen LogP contribution is 2.40. The van der Waals surface area contributed by atoms with E-state index < -0.39 is 35.7 Å². The molecule has 0 radical (unpaired) electrons. The third-order valence-corrected chi connectivity index (χ3v) is 9.43. The van der Waals surface area contributed by atoms with Gasteiger partial charge in [0.1, 0.15) is 23.8 Å². The fourth-order valence-corrected chi connectivity index (χ4v) is 6.42. The lowest BCUT2D eigenvalue weighted by Gasteiger charge is -2.31. The second kappa shape index (κ2) is 19.4. The number of piperidine rings is 1. The Morgan fingerprint density at radius 3 is 2.29 bits per heavy atom. The Kier molecular flexibility index (Phi) is 14.5. The van der Waals surface area contributed by atoms with Crippen LogP contribution in [0.2, 0.25) is 5.02 Å². The number of amides is 3. The molecule has 0 aliphatic carbocycles. The number of anilines is 1. The predicted molar refractivity (Wildman–Crippen MR) is 212 cm³/mol. The van der Waals surface area contributed by atoms with Crippen LogP contribution < -0.4 is 20.7 Å². The van der Waals surface area contributed by atoms with Crippen molar-refractivity contribution < 1.29 is 37.8 Å². The molecular weight excluding hydrogens is 739 g/mol. The minimum Gasteiger partial charge on any atom is -0.454 e. The number of likely N-dealkylation sites (tertiary alicyclic amines) is 1. The fraction of sp³-hybridized carbons (Fsp3) is 0.349. The molecule has 11 nitrogen and oxygen atoms in total. The Labute approximate surface area is 331 Å². The molecule has 0 spiro atoms. The molecule has 0 saturated carbocycles. The van der Waals surface area contributed by atoms with Gasteiger partial charge >= 0.3 is 12.2 Å². The highest BCUT2D eigenvalue weighted by Gasteiger charge is 2.33. The molecule has 1 atom stereocenters. The maximum absolute atomic E-state index is 14.4. The molecule has 1 saturated heterocycles. The van der Waals surface area contributed by atoms with Crippen LogP contribution in [0.1, 0.15) is 74.0 Å². The lowest BCUT2D eigenvalue weighted by molar-refractivity contribution is -0.118. The van der Waals surface area contributed by atoms with Crippen LogP contribution in [-0.2, 0) is 34.0 Å². The lowest BCUT2D eigenvalue weighted by atomic mass is 9.88. The van der Waals surface area contributed by atoms with Gasteiger partial charge in [-0.15, -0.1) is 0 Å². The Hall–Kier alpha value is -5.46. The zero-order valence-corrected chi connectivity index (χ0v) is 32.8. The summed E-state index contributed by atoms with van der Waals surface area (Å²) in [6.45, 7) is 8.13.